The molecule has 2 rings (SSSR count). The first kappa shape index (κ1) is 13.4. The number of aromatic nitrogens is 1. The fraction of sp³-hybridized carbons (Fsp3) is 0.615. The molecule has 100 valence electrons. The maximum absolute atomic E-state index is 12.5. The Hall–Kier alpha value is -1.00. The van der Waals surface area contributed by atoms with E-state index < -0.39 is 0 Å². The number of nitrogens with zero attached hydrogens (tertiary/aromatic N) is 2. The summed E-state index contributed by atoms with van der Waals surface area (Å²) in [6.07, 6.45) is 3.78. The third-order valence-corrected chi connectivity index (χ3v) is 3.91. The molecule has 2 atom stereocenters. The van der Waals surface area contributed by atoms with Crippen molar-refractivity contribution in [1.29, 1.82) is 0 Å². The first-order valence-corrected chi connectivity index (χ1v) is 6.73. The van der Waals surface area contributed by atoms with E-state index in [1.165, 1.54) is 0 Å². The van der Waals surface area contributed by atoms with Crippen LogP contribution in [0.15, 0.2) is 12.3 Å². The van der Waals surface area contributed by atoms with Gasteiger partial charge in [-0.2, -0.15) is 0 Å². The van der Waals surface area contributed by atoms with Gasteiger partial charge in [-0.3, -0.25) is 4.79 Å². The highest BCUT2D eigenvalue weighted by molar-refractivity contribution is 6.31. The molecule has 2 N–H and O–H groups in total. The summed E-state index contributed by atoms with van der Waals surface area (Å²) in [5.74, 6) is 0.673. The molecule has 1 aliphatic rings. The third-order valence-electron chi connectivity index (χ3n) is 3.70. The van der Waals surface area contributed by atoms with Crippen LogP contribution in [0, 0.1) is 5.92 Å². The summed E-state index contributed by atoms with van der Waals surface area (Å²) in [4.78, 5) is 14.4. The minimum atomic E-state index is 0.0340. The van der Waals surface area contributed by atoms with Gasteiger partial charge in [0.1, 0.15) is 5.69 Å². The number of likely N-dealkylation sites (tertiary alicyclic amines) is 1. The molecule has 0 saturated carbocycles. The maximum atomic E-state index is 12.5. The van der Waals surface area contributed by atoms with Gasteiger partial charge in [-0.05, 0) is 24.8 Å². The van der Waals surface area contributed by atoms with Crippen molar-refractivity contribution >= 4 is 17.5 Å². The van der Waals surface area contributed by atoms with Gasteiger partial charge >= 0.3 is 0 Å². The highest BCUT2D eigenvalue weighted by Gasteiger charge is 2.30. The molecule has 1 aromatic rings. The van der Waals surface area contributed by atoms with E-state index in [1.54, 1.807) is 16.8 Å². The summed E-state index contributed by atoms with van der Waals surface area (Å²) in [5.41, 5.74) is 6.42. The number of carbonyl (C=O) groups is 1. The zero-order valence-electron chi connectivity index (χ0n) is 10.9. The molecule has 0 aliphatic carbocycles. The monoisotopic (exact) mass is 269 g/mol. The molecule has 1 aliphatic heterocycles. The van der Waals surface area contributed by atoms with E-state index in [4.69, 9.17) is 17.3 Å². The lowest BCUT2D eigenvalue weighted by atomic mass is 9.92. The van der Waals surface area contributed by atoms with Gasteiger partial charge in [-0.25, -0.2) is 0 Å². The number of rotatable bonds is 2. The van der Waals surface area contributed by atoms with Crippen LogP contribution in [-0.2, 0) is 7.05 Å². The van der Waals surface area contributed by atoms with Crippen molar-refractivity contribution in [3.05, 3.63) is 23.0 Å². The number of hydrogen-bond donors (Lipinski definition) is 1. The summed E-state index contributed by atoms with van der Waals surface area (Å²) in [6.45, 7) is 3.52. The molecule has 5 heteroatoms. The first-order valence-electron chi connectivity index (χ1n) is 6.35. The van der Waals surface area contributed by atoms with Gasteiger partial charge in [-0.15, -0.1) is 0 Å². The van der Waals surface area contributed by atoms with Gasteiger partial charge in [0.2, 0.25) is 0 Å². The number of piperidine rings is 1. The summed E-state index contributed by atoms with van der Waals surface area (Å²) >= 11 is 5.93. The van der Waals surface area contributed by atoms with Crippen molar-refractivity contribution in [2.24, 2.45) is 18.7 Å². The molecule has 1 saturated heterocycles. The fourth-order valence-electron chi connectivity index (χ4n) is 2.63. The topological polar surface area (TPSA) is 51.3 Å². The van der Waals surface area contributed by atoms with E-state index >= 15 is 0 Å². The van der Waals surface area contributed by atoms with Crippen LogP contribution in [0.1, 0.15) is 30.3 Å². The van der Waals surface area contributed by atoms with Crippen molar-refractivity contribution < 1.29 is 4.79 Å². The second kappa shape index (κ2) is 5.33. The molecular formula is C13H20ClN3O. The van der Waals surface area contributed by atoms with Crippen LogP contribution in [0.2, 0.25) is 5.02 Å². The molecule has 18 heavy (non-hydrogen) atoms. The molecular weight excluding hydrogens is 250 g/mol. The maximum Gasteiger partial charge on any atom is 0.270 e. The SMILES string of the molecule is CC1CCN(C(=O)c2cc(Cl)cn2C)C(CN)C1. The predicted molar refractivity (Wildman–Crippen MR) is 72.7 cm³/mol. The zero-order valence-corrected chi connectivity index (χ0v) is 11.7. The van der Waals surface area contributed by atoms with E-state index in [1.807, 2.05) is 11.9 Å². The van der Waals surface area contributed by atoms with Crippen LogP contribution in [-0.4, -0.2) is 34.5 Å². The van der Waals surface area contributed by atoms with Crippen LogP contribution in [0.3, 0.4) is 0 Å². The summed E-state index contributed by atoms with van der Waals surface area (Å²) in [5, 5.41) is 0.593. The van der Waals surface area contributed by atoms with Gasteiger partial charge in [0.05, 0.1) is 5.02 Å². The smallest absolute Gasteiger partial charge is 0.270 e. The van der Waals surface area contributed by atoms with Crippen LogP contribution in [0.5, 0.6) is 0 Å². The molecule has 0 aromatic carbocycles. The molecule has 4 nitrogen and oxygen atoms in total. The van der Waals surface area contributed by atoms with Crippen LogP contribution < -0.4 is 5.73 Å². The van der Waals surface area contributed by atoms with E-state index in [-0.39, 0.29) is 11.9 Å². The van der Waals surface area contributed by atoms with Crippen molar-refractivity contribution in [1.82, 2.24) is 9.47 Å². The highest BCUT2D eigenvalue weighted by atomic mass is 35.5. The fourth-order valence-corrected chi connectivity index (χ4v) is 2.88. The standard InChI is InChI=1S/C13H20ClN3O/c1-9-3-4-17(11(5-9)7-15)13(18)12-6-10(14)8-16(12)2/h6,8-9,11H,3-5,7,15H2,1-2H3. The Morgan fingerprint density at radius 3 is 2.89 bits per heavy atom. The van der Waals surface area contributed by atoms with E-state index in [0.29, 0.717) is 23.2 Å². The van der Waals surface area contributed by atoms with Gasteiger partial charge in [0.25, 0.3) is 5.91 Å². The Morgan fingerprint density at radius 2 is 2.33 bits per heavy atom. The van der Waals surface area contributed by atoms with Crippen LogP contribution in [0.25, 0.3) is 0 Å². The lowest BCUT2D eigenvalue weighted by Crippen LogP contribution is -2.49. The van der Waals surface area contributed by atoms with Gasteiger partial charge in [-0.1, -0.05) is 18.5 Å². The Balaban J connectivity index is 2.20. The van der Waals surface area contributed by atoms with E-state index in [2.05, 4.69) is 6.92 Å². The van der Waals surface area contributed by atoms with Gasteiger partial charge in [0, 0.05) is 32.4 Å². The molecule has 0 radical (unpaired) electrons. The number of halogens is 1. The van der Waals surface area contributed by atoms with Gasteiger partial charge in [0.15, 0.2) is 0 Å². The van der Waals surface area contributed by atoms with Crippen LogP contribution >= 0.6 is 11.6 Å². The van der Waals surface area contributed by atoms with Crippen molar-refractivity contribution in [3.63, 3.8) is 0 Å². The van der Waals surface area contributed by atoms with E-state index in [0.717, 1.165) is 19.4 Å². The minimum Gasteiger partial charge on any atom is -0.345 e. The normalized spacial score (nSPS) is 24.3. The summed E-state index contributed by atoms with van der Waals surface area (Å²) in [7, 11) is 1.84. The highest BCUT2D eigenvalue weighted by Crippen LogP contribution is 2.24. The average molecular weight is 270 g/mol. The molecule has 1 fully saturated rings. The average Bonchev–Trinajstić information content (AvgIpc) is 2.67. The van der Waals surface area contributed by atoms with Crippen molar-refractivity contribution in [2.75, 3.05) is 13.1 Å². The number of hydrogen-bond acceptors (Lipinski definition) is 2. The Labute approximate surface area is 113 Å². The Bertz CT molecular complexity index is 443. The van der Waals surface area contributed by atoms with E-state index in [9.17, 15) is 4.79 Å². The first-order chi connectivity index (χ1) is 8.52. The second-order valence-electron chi connectivity index (χ2n) is 5.17. The number of nitrogens with two attached hydrogens (primary N) is 1. The number of aryl methyl sites for hydroxylation is 1. The lowest BCUT2D eigenvalue weighted by molar-refractivity contribution is 0.0564. The number of amides is 1. The third kappa shape index (κ3) is 2.54. The lowest BCUT2D eigenvalue weighted by Gasteiger charge is -2.38. The predicted octanol–water partition coefficient (Wildman–Crippen LogP) is 1.88. The minimum absolute atomic E-state index is 0.0340. The molecule has 1 aromatic heterocycles. The zero-order chi connectivity index (χ0) is 13.3. The Morgan fingerprint density at radius 1 is 1.61 bits per heavy atom. The molecule has 1 amide bonds. The van der Waals surface area contributed by atoms with Crippen LogP contribution in [0.4, 0.5) is 0 Å². The quantitative estimate of drug-likeness (QED) is 0.891. The van der Waals surface area contributed by atoms with Crippen molar-refractivity contribution in [3.8, 4) is 0 Å². The molecule has 2 heterocycles. The molecule has 2 unspecified atom stereocenters. The Kier molecular flexibility index (Phi) is 3.97. The molecule has 0 bridgehead atoms. The summed E-state index contributed by atoms with van der Waals surface area (Å²) < 4.78 is 1.77. The van der Waals surface area contributed by atoms with Gasteiger partial charge < -0.3 is 15.2 Å². The van der Waals surface area contributed by atoms with Crippen molar-refractivity contribution in [2.45, 2.75) is 25.8 Å². The second-order valence-corrected chi connectivity index (χ2v) is 5.61. The molecule has 0 spiro atoms. The number of carbonyl (C=O) groups excluding carboxylic acids is 1. The largest absolute Gasteiger partial charge is 0.345 e. The summed E-state index contributed by atoms with van der Waals surface area (Å²) in [6, 6.07) is 1.87.